The summed E-state index contributed by atoms with van der Waals surface area (Å²) in [7, 11) is 1.84. The van der Waals surface area contributed by atoms with E-state index in [0.717, 1.165) is 31.4 Å². The van der Waals surface area contributed by atoms with Gasteiger partial charge in [-0.05, 0) is 85.3 Å². The Morgan fingerprint density at radius 3 is 2.36 bits per heavy atom. The van der Waals surface area contributed by atoms with E-state index in [1.165, 1.54) is 0 Å². The van der Waals surface area contributed by atoms with Gasteiger partial charge >= 0.3 is 5.97 Å². The zero-order valence-corrected chi connectivity index (χ0v) is 19.3. The molecule has 1 fully saturated rings. The van der Waals surface area contributed by atoms with Crippen molar-refractivity contribution in [1.29, 1.82) is 0 Å². The van der Waals surface area contributed by atoms with Crippen molar-refractivity contribution in [1.82, 2.24) is 25.1 Å². The predicted octanol–water partition coefficient (Wildman–Crippen LogP) is 4.02. The molecule has 8 heteroatoms. The molecule has 1 aliphatic carbocycles. The highest BCUT2D eigenvalue weighted by Gasteiger charge is 2.46. The van der Waals surface area contributed by atoms with Gasteiger partial charge in [0, 0.05) is 12.6 Å². The minimum Gasteiger partial charge on any atom is -0.462 e. The summed E-state index contributed by atoms with van der Waals surface area (Å²) in [5, 5.41) is 12.6. The number of esters is 1. The average Bonchev–Trinajstić information content (AvgIpc) is 3.35. The van der Waals surface area contributed by atoms with Crippen LogP contribution in [0.3, 0.4) is 0 Å². The molecule has 8 nitrogen and oxygen atoms in total. The molecule has 0 aliphatic heterocycles. The van der Waals surface area contributed by atoms with E-state index in [0.29, 0.717) is 29.5 Å². The number of amides is 1. The summed E-state index contributed by atoms with van der Waals surface area (Å²) in [6.07, 6.45) is 3.48. The number of ether oxygens (including phenoxy) is 1. The van der Waals surface area contributed by atoms with Crippen LogP contribution in [0.1, 0.15) is 66.1 Å². The van der Waals surface area contributed by atoms with E-state index in [1.807, 2.05) is 42.3 Å². The van der Waals surface area contributed by atoms with E-state index in [-0.39, 0.29) is 11.9 Å². The van der Waals surface area contributed by atoms with Crippen LogP contribution >= 0.6 is 0 Å². The van der Waals surface area contributed by atoms with Gasteiger partial charge < -0.3 is 9.64 Å². The van der Waals surface area contributed by atoms with Crippen molar-refractivity contribution in [3.8, 4) is 5.69 Å². The van der Waals surface area contributed by atoms with Crippen molar-refractivity contribution in [2.24, 2.45) is 5.92 Å². The Balaban J connectivity index is 1.72. The molecule has 1 aliphatic rings. The summed E-state index contributed by atoms with van der Waals surface area (Å²) >= 11 is 0. The molecule has 0 bridgehead atoms. The van der Waals surface area contributed by atoms with Crippen LogP contribution in [-0.4, -0.2) is 50.6 Å². The monoisotopic (exact) mass is 447 g/mol. The van der Waals surface area contributed by atoms with Crippen molar-refractivity contribution in [3.05, 3.63) is 71.5 Å². The first-order valence-corrected chi connectivity index (χ1v) is 11.4. The molecule has 2 aromatic carbocycles. The van der Waals surface area contributed by atoms with Crippen LogP contribution in [-0.2, 0) is 10.3 Å². The van der Waals surface area contributed by atoms with Gasteiger partial charge in [-0.25, -0.2) is 4.79 Å². The van der Waals surface area contributed by atoms with Crippen molar-refractivity contribution in [2.75, 3.05) is 13.7 Å². The number of hydrogen-bond donors (Lipinski definition) is 0. The smallest absolute Gasteiger partial charge is 0.338 e. The Bertz CT molecular complexity index is 1100. The van der Waals surface area contributed by atoms with E-state index >= 15 is 0 Å². The molecule has 1 aromatic heterocycles. The summed E-state index contributed by atoms with van der Waals surface area (Å²) < 4.78 is 6.75. The van der Waals surface area contributed by atoms with Gasteiger partial charge in [-0.3, -0.25) is 4.79 Å². The first kappa shape index (κ1) is 22.6. The first-order chi connectivity index (χ1) is 16.0. The highest BCUT2D eigenvalue weighted by Crippen LogP contribution is 2.43. The molecule has 0 radical (unpaired) electrons. The minimum absolute atomic E-state index is 0.0580. The maximum absolute atomic E-state index is 13.5. The van der Waals surface area contributed by atoms with Gasteiger partial charge in [0.1, 0.15) is 5.54 Å². The molecule has 0 atom stereocenters. The lowest BCUT2D eigenvalue weighted by molar-refractivity contribution is 0.0327. The highest BCUT2D eigenvalue weighted by molar-refractivity contribution is 5.94. The number of carbonyl (C=O) groups excluding carboxylic acids is 2. The molecule has 1 saturated carbocycles. The predicted molar refractivity (Wildman–Crippen MR) is 123 cm³/mol. The van der Waals surface area contributed by atoms with Gasteiger partial charge in [0.25, 0.3) is 5.91 Å². The zero-order chi connectivity index (χ0) is 23.4. The summed E-state index contributed by atoms with van der Waals surface area (Å²) in [4.78, 5) is 27.3. The van der Waals surface area contributed by atoms with Gasteiger partial charge in [0.15, 0.2) is 5.82 Å². The number of benzene rings is 2. The Kier molecular flexibility index (Phi) is 6.53. The minimum atomic E-state index is -0.636. The third kappa shape index (κ3) is 4.37. The second-order valence-corrected chi connectivity index (χ2v) is 8.63. The second-order valence-electron chi connectivity index (χ2n) is 8.63. The normalized spacial score (nSPS) is 20.3. The molecule has 33 heavy (non-hydrogen) atoms. The third-order valence-electron chi connectivity index (χ3n) is 6.58. The summed E-state index contributed by atoms with van der Waals surface area (Å²) in [5.41, 5.74) is 1.19. The molecule has 172 valence electrons. The van der Waals surface area contributed by atoms with Crippen LogP contribution in [0.15, 0.2) is 54.6 Å². The van der Waals surface area contributed by atoms with Crippen molar-refractivity contribution >= 4 is 11.9 Å². The van der Waals surface area contributed by atoms with Gasteiger partial charge in [0.05, 0.1) is 17.9 Å². The van der Waals surface area contributed by atoms with E-state index in [9.17, 15) is 9.59 Å². The average molecular weight is 448 g/mol. The lowest BCUT2D eigenvalue weighted by Crippen LogP contribution is -2.50. The van der Waals surface area contributed by atoms with Crippen LogP contribution in [0.2, 0.25) is 0 Å². The van der Waals surface area contributed by atoms with Gasteiger partial charge in [0.2, 0.25) is 0 Å². The Labute approximate surface area is 193 Å². The van der Waals surface area contributed by atoms with Crippen LogP contribution < -0.4 is 0 Å². The summed E-state index contributed by atoms with van der Waals surface area (Å²) in [6.45, 7) is 4.33. The van der Waals surface area contributed by atoms with E-state index in [1.54, 1.807) is 35.9 Å². The zero-order valence-electron chi connectivity index (χ0n) is 19.3. The second kappa shape index (κ2) is 9.52. The quantitative estimate of drug-likeness (QED) is 0.530. The van der Waals surface area contributed by atoms with Gasteiger partial charge in [-0.1, -0.05) is 25.1 Å². The molecule has 1 heterocycles. The fourth-order valence-corrected chi connectivity index (χ4v) is 4.52. The van der Waals surface area contributed by atoms with Crippen molar-refractivity contribution < 1.29 is 14.3 Å². The van der Waals surface area contributed by atoms with E-state index < -0.39 is 5.54 Å². The molecule has 0 unspecified atom stereocenters. The Morgan fingerprint density at radius 1 is 1.06 bits per heavy atom. The van der Waals surface area contributed by atoms with Crippen molar-refractivity contribution in [3.63, 3.8) is 0 Å². The lowest BCUT2D eigenvalue weighted by Gasteiger charge is -2.44. The Hall–Kier alpha value is -3.55. The third-order valence-corrected chi connectivity index (χ3v) is 6.58. The number of aromatic nitrogens is 4. The van der Waals surface area contributed by atoms with Crippen LogP contribution in [0.5, 0.6) is 0 Å². The van der Waals surface area contributed by atoms with Crippen molar-refractivity contribution in [2.45, 2.75) is 45.1 Å². The van der Waals surface area contributed by atoms with Crippen LogP contribution in [0.25, 0.3) is 5.69 Å². The number of carbonyl (C=O) groups is 2. The highest BCUT2D eigenvalue weighted by atomic mass is 16.5. The fraction of sp³-hybridized carbons (Fsp3) is 0.400. The number of hydrogen-bond acceptors (Lipinski definition) is 6. The summed E-state index contributed by atoms with van der Waals surface area (Å²) in [6, 6.07) is 16.3. The Morgan fingerprint density at radius 2 is 1.73 bits per heavy atom. The number of tetrazole rings is 1. The molecule has 4 rings (SSSR count). The molecule has 0 saturated heterocycles. The van der Waals surface area contributed by atoms with Gasteiger partial charge in [-0.2, -0.15) is 4.68 Å². The largest absolute Gasteiger partial charge is 0.462 e. The topological polar surface area (TPSA) is 90.2 Å². The first-order valence-electron chi connectivity index (χ1n) is 11.4. The molecule has 1 amide bonds. The fourth-order valence-electron chi connectivity index (χ4n) is 4.52. The number of nitrogens with zero attached hydrogens (tertiary/aromatic N) is 5. The summed E-state index contributed by atoms with van der Waals surface area (Å²) in [5.74, 6) is 0.779. The molecular formula is C25H29N5O3. The lowest BCUT2D eigenvalue weighted by atomic mass is 9.75. The van der Waals surface area contributed by atoms with E-state index in [2.05, 4.69) is 22.4 Å². The molecule has 0 spiro atoms. The maximum Gasteiger partial charge on any atom is 0.338 e. The standard InChI is InChI=1S/C25H29N5O3/c1-4-33-23(32)20-10-12-21(13-11-20)30-24(26-27-28-30)25(16-14-18(2)15-17-25)29(3)22(31)19-8-6-5-7-9-19/h5-13,18H,4,14-17H2,1-3H3. The molecule has 0 N–H and O–H groups in total. The number of rotatable bonds is 6. The van der Waals surface area contributed by atoms with Crippen LogP contribution in [0, 0.1) is 5.92 Å². The van der Waals surface area contributed by atoms with E-state index in [4.69, 9.17) is 4.74 Å². The SMILES string of the molecule is CCOC(=O)c1ccc(-n2nnnc2C2(N(C)C(=O)c3ccccc3)CCC(C)CC2)cc1. The van der Waals surface area contributed by atoms with Crippen LogP contribution in [0.4, 0.5) is 0 Å². The molecular weight excluding hydrogens is 418 g/mol. The molecule has 3 aromatic rings. The van der Waals surface area contributed by atoms with Gasteiger partial charge in [-0.15, -0.1) is 5.10 Å². The maximum atomic E-state index is 13.5.